The predicted molar refractivity (Wildman–Crippen MR) is 101 cm³/mol. The molecule has 0 aliphatic heterocycles. The van der Waals surface area contributed by atoms with Crippen molar-refractivity contribution in [2.24, 2.45) is 0 Å². The molecule has 0 radical (unpaired) electrons. The van der Waals surface area contributed by atoms with Gasteiger partial charge >= 0.3 is 0 Å². The lowest BCUT2D eigenvalue weighted by atomic mass is 10.1. The molecule has 0 atom stereocenters. The topological polar surface area (TPSA) is 84.2 Å². The molecule has 0 aromatic heterocycles. The van der Waals surface area contributed by atoms with Crippen molar-refractivity contribution in [3.63, 3.8) is 0 Å². The number of hydrogen-bond acceptors (Lipinski definition) is 3. The summed E-state index contributed by atoms with van der Waals surface area (Å²) in [6, 6.07) is 6.01. The zero-order chi connectivity index (χ0) is 17.1. The third kappa shape index (κ3) is 8.70. The molecule has 0 unspecified atom stereocenters. The Morgan fingerprint density at radius 3 is 2.12 bits per heavy atom. The number of amides is 2. The van der Waals surface area contributed by atoms with Crippen molar-refractivity contribution in [3.8, 4) is 0 Å². The molecular weight excluding hydrogens is 443 g/mol. The Kier molecular flexibility index (Phi) is 11.8. The number of nitrogens with zero attached hydrogens (tertiary/aromatic N) is 1. The van der Waals surface area contributed by atoms with Crippen LogP contribution >= 0.6 is 22.6 Å². The van der Waals surface area contributed by atoms with E-state index in [9.17, 15) is 9.59 Å². The second kappa shape index (κ2) is 12.3. The smallest absolute Gasteiger partial charge is 0.207 e. The first-order valence-corrected chi connectivity index (χ1v) is 8.80. The minimum absolute atomic E-state index is 0. The van der Waals surface area contributed by atoms with Crippen LogP contribution in [0, 0.1) is 3.57 Å². The van der Waals surface area contributed by atoms with Gasteiger partial charge in [-0.1, -0.05) is 6.07 Å². The molecule has 1 aromatic rings. The van der Waals surface area contributed by atoms with Crippen LogP contribution in [0.3, 0.4) is 0 Å². The highest BCUT2D eigenvalue weighted by molar-refractivity contribution is 14.1. The number of carbonyl (C=O) groups excluding carboxylic acids is 2. The zero-order valence-electron chi connectivity index (χ0n) is 13.9. The van der Waals surface area contributed by atoms with Crippen LogP contribution < -0.4 is 28.8 Å². The quantitative estimate of drug-likeness (QED) is 0.110. The number of nitrogen functional groups attached to an aromatic ring is 1. The molecule has 1 aromatic carbocycles. The summed E-state index contributed by atoms with van der Waals surface area (Å²) in [4.78, 5) is 20.7. The summed E-state index contributed by atoms with van der Waals surface area (Å²) >= 11 is 2.32. The van der Waals surface area contributed by atoms with Crippen LogP contribution in [0.5, 0.6) is 0 Å². The number of quaternary nitrogens is 1. The summed E-state index contributed by atoms with van der Waals surface area (Å²) in [5, 5.41) is 5.43. The Balaban J connectivity index is 0.00000529. The van der Waals surface area contributed by atoms with E-state index in [0.717, 1.165) is 55.5 Å². The van der Waals surface area contributed by atoms with Gasteiger partial charge in [0.25, 0.3) is 0 Å². The first-order chi connectivity index (χ1) is 11.0. The van der Waals surface area contributed by atoms with Crippen molar-refractivity contribution in [2.45, 2.75) is 19.4 Å². The van der Waals surface area contributed by atoms with Crippen LogP contribution in [-0.2, 0) is 16.1 Å². The molecule has 0 saturated carbocycles. The van der Waals surface area contributed by atoms with Gasteiger partial charge in [-0.25, -0.2) is 0 Å². The van der Waals surface area contributed by atoms with Crippen LogP contribution in [0.4, 0.5) is 5.69 Å². The lowest BCUT2D eigenvalue weighted by Gasteiger charge is -2.35. The van der Waals surface area contributed by atoms with Crippen molar-refractivity contribution in [2.75, 3.05) is 39.0 Å². The Bertz CT molecular complexity index is 501. The molecule has 0 bridgehead atoms. The normalized spacial score (nSPS) is 10.6. The molecule has 2 amide bonds. The van der Waals surface area contributed by atoms with Crippen molar-refractivity contribution >= 4 is 41.1 Å². The number of nitrogens with one attached hydrogen (secondary N) is 2. The molecule has 136 valence electrons. The van der Waals surface area contributed by atoms with Gasteiger partial charge in [-0.05, 0) is 34.7 Å². The number of nitrogens with two attached hydrogens (primary N) is 1. The number of anilines is 1. The van der Waals surface area contributed by atoms with Gasteiger partial charge < -0.3 is 33.3 Å². The third-order valence-electron chi connectivity index (χ3n) is 3.83. The lowest BCUT2D eigenvalue weighted by molar-refractivity contribution is -0.922. The third-order valence-corrected chi connectivity index (χ3v) is 4.84. The van der Waals surface area contributed by atoms with E-state index >= 15 is 0 Å². The van der Waals surface area contributed by atoms with Gasteiger partial charge in [0.1, 0.15) is 6.54 Å². The second-order valence-corrected chi connectivity index (χ2v) is 7.09. The molecule has 6 nitrogen and oxygen atoms in total. The van der Waals surface area contributed by atoms with Gasteiger partial charge in [0.2, 0.25) is 12.8 Å². The number of hydrogen-bond donors (Lipinski definition) is 3. The molecule has 4 N–H and O–H groups in total. The fraction of sp³-hybridized carbons (Fsp3) is 0.500. The maximum Gasteiger partial charge on any atom is 0.207 e. The molecule has 0 saturated heterocycles. The summed E-state index contributed by atoms with van der Waals surface area (Å²) in [7, 11) is 2.22. The molecule has 0 aliphatic rings. The minimum atomic E-state index is 0. The fourth-order valence-corrected chi connectivity index (χ4v) is 3.33. The molecule has 1 rings (SSSR count). The summed E-state index contributed by atoms with van der Waals surface area (Å²) in [5.74, 6) is 0. The van der Waals surface area contributed by atoms with Crippen molar-refractivity contribution in [3.05, 3.63) is 27.3 Å². The molecule has 0 fully saturated rings. The molecule has 0 heterocycles. The van der Waals surface area contributed by atoms with E-state index in [4.69, 9.17) is 5.73 Å². The monoisotopic (exact) mass is 468 g/mol. The summed E-state index contributed by atoms with van der Waals surface area (Å²) in [5.41, 5.74) is 7.87. The summed E-state index contributed by atoms with van der Waals surface area (Å²) < 4.78 is 2.03. The van der Waals surface area contributed by atoms with Crippen molar-refractivity contribution in [1.82, 2.24) is 10.6 Å². The molecule has 8 heteroatoms. The first-order valence-electron chi connectivity index (χ1n) is 7.72. The first kappa shape index (κ1) is 22.9. The number of carbonyl (C=O) groups is 2. The number of halogens is 2. The average molecular weight is 469 g/mol. The lowest BCUT2D eigenvalue weighted by Crippen LogP contribution is -3.00. The summed E-state index contributed by atoms with van der Waals surface area (Å²) in [6.07, 6.45) is 3.31. The van der Waals surface area contributed by atoms with Gasteiger partial charge in [0.05, 0.1) is 20.1 Å². The SMILES string of the molecule is C[N+](CCCNC=O)(CCCNC=O)Cc1ccc(N)cc1I.[Cl-]. The van der Waals surface area contributed by atoms with Crippen molar-refractivity contribution < 1.29 is 26.5 Å². The standard InChI is InChI=1S/C16H25IN4O2.ClH/c1-21(8-2-6-19-12-22,9-3-7-20-13-23)11-14-4-5-15(18)10-16(14)17;/h4-5,10,12-13H,2-3,6-9,11,18H2,1H3,(H-,19,20,22,23);1H. The van der Waals surface area contributed by atoms with Gasteiger partial charge in [-0.3, -0.25) is 9.59 Å². The van der Waals surface area contributed by atoms with Crippen LogP contribution in [0.2, 0.25) is 0 Å². The minimum Gasteiger partial charge on any atom is -1.00 e. The van der Waals surface area contributed by atoms with Crippen molar-refractivity contribution in [1.29, 1.82) is 0 Å². The molecule has 0 spiro atoms. The highest BCUT2D eigenvalue weighted by atomic mass is 127. The van der Waals surface area contributed by atoms with E-state index in [1.54, 1.807) is 0 Å². The van der Waals surface area contributed by atoms with Gasteiger partial charge in [-0.15, -0.1) is 0 Å². The van der Waals surface area contributed by atoms with E-state index < -0.39 is 0 Å². The highest BCUT2D eigenvalue weighted by Crippen LogP contribution is 2.21. The van der Waals surface area contributed by atoms with Crippen LogP contribution in [0.25, 0.3) is 0 Å². The van der Waals surface area contributed by atoms with Gasteiger partial charge in [-0.2, -0.15) is 0 Å². The molecule has 0 aliphatic carbocycles. The Labute approximate surface area is 163 Å². The highest BCUT2D eigenvalue weighted by Gasteiger charge is 2.22. The van der Waals surface area contributed by atoms with Gasteiger partial charge in [0.15, 0.2) is 0 Å². The Morgan fingerprint density at radius 2 is 1.67 bits per heavy atom. The van der Waals surface area contributed by atoms with E-state index in [2.05, 4.69) is 46.3 Å². The van der Waals surface area contributed by atoms with Crippen LogP contribution in [-0.4, -0.2) is 50.5 Å². The maximum atomic E-state index is 10.4. The predicted octanol–water partition coefficient (Wildman–Crippen LogP) is -1.90. The maximum absolute atomic E-state index is 10.4. The summed E-state index contributed by atoms with van der Waals surface area (Å²) in [6.45, 7) is 4.19. The van der Waals surface area contributed by atoms with E-state index in [1.807, 2.05) is 12.1 Å². The van der Waals surface area contributed by atoms with Crippen LogP contribution in [0.1, 0.15) is 18.4 Å². The number of benzene rings is 1. The zero-order valence-corrected chi connectivity index (χ0v) is 16.8. The molecule has 24 heavy (non-hydrogen) atoms. The van der Waals surface area contributed by atoms with Gasteiger partial charge in [0, 0.05) is 40.8 Å². The average Bonchev–Trinajstić information content (AvgIpc) is 2.51. The van der Waals surface area contributed by atoms with E-state index in [1.165, 1.54) is 9.13 Å². The Hall–Kier alpha value is -1.06. The van der Waals surface area contributed by atoms with E-state index in [-0.39, 0.29) is 12.4 Å². The Morgan fingerprint density at radius 1 is 1.12 bits per heavy atom. The number of rotatable bonds is 12. The van der Waals surface area contributed by atoms with Crippen LogP contribution in [0.15, 0.2) is 18.2 Å². The fourth-order valence-electron chi connectivity index (χ4n) is 2.62. The second-order valence-electron chi connectivity index (χ2n) is 5.93. The molecular formula is C16H26ClIN4O2. The largest absolute Gasteiger partial charge is 1.00 e. The van der Waals surface area contributed by atoms with E-state index in [0.29, 0.717) is 13.1 Å².